The Hall–Kier alpha value is -1.66. The number of sulfone groups is 1. The zero-order valence-electron chi connectivity index (χ0n) is 26.3. The Labute approximate surface area is 253 Å². The Kier molecular flexibility index (Phi) is 7.99. The third-order valence-electron chi connectivity index (χ3n) is 13.1. The van der Waals surface area contributed by atoms with Crippen LogP contribution in [0.4, 0.5) is 0 Å². The van der Waals surface area contributed by atoms with Crippen LogP contribution in [0, 0.1) is 59.2 Å². The van der Waals surface area contributed by atoms with Crippen LogP contribution in [0.3, 0.4) is 0 Å². The summed E-state index contributed by atoms with van der Waals surface area (Å²) in [5.74, 6) is 3.14. The number of fused-ring (bicyclic) bond motifs is 7. The Morgan fingerprint density at radius 1 is 1.12 bits per heavy atom. The van der Waals surface area contributed by atoms with Crippen LogP contribution < -0.4 is 0 Å². The summed E-state index contributed by atoms with van der Waals surface area (Å²) in [5.41, 5.74) is 3.18. The molecule has 1 aliphatic heterocycles. The third-order valence-corrected chi connectivity index (χ3v) is 15.1. The largest absolute Gasteiger partial charge is 0.481 e. The average molecular weight is 597 g/mol. The summed E-state index contributed by atoms with van der Waals surface area (Å²) in [6.45, 7) is 11.5. The van der Waals surface area contributed by atoms with Gasteiger partial charge in [-0.25, -0.2) is 8.42 Å². The first-order chi connectivity index (χ1) is 19.8. The van der Waals surface area contributed by atoms with E-state index in [1.807, 2.05) is 19.1 Å². The zero-order chi connectivity index (χ0) is 30.0. The molecule has 42 heavy (non-hydrogen) atoms. The number of rotatable bonds is 8. The zero-order valence-corrected chi connectivity index (χ0v) is 27.2. The molecule has 4 fully saturated rings. The lowest BCUT2D eigenvalue weighted by molar-refractivity contribution is -0.138. The number of hydrogen-bond acceptors (Lipinski definition) is 4. The molecule has 3 saturated carbocycles. The fourth-order valence-corrected chi connectivity index (χ4v) is 12.6. The van der Waals surface area contributed by atoms with Crippen molar-refractivity contribution >= 4 is 15.8 Å². The Morgan fingerprint density at radius 2 is 1.86 bits per heavy atom. The first-order valence-electron chi connectivity index (χ1n) is 16.7. The maximum Gasteiger partial charge on any atom is 0.303 e. The first-order valence-corrected chi connectivity index (χ1v) is 18.3. The number of carboxylic acids is 1. The molecule has 1 aromatic rings. The molecule has 0 amide bonds. The fraction of sp³-hybridized carbons (Fsp3) is 0.750. The van der Waals surface area contributed by atoms with Crippen LogP contribution in [0.15, 0.2) is 40.8 Å². The van der Waals surface area contributed by atoms with Crippen molar-refractivity contribution in [3.63, 3.8) is 0 Å². The molecule has 1 heterocycles. The summed E-state index contributed by atoms with van der Waals surface area (Å²) in [7, 11) is -3.28. The molecule has 0 aromatic heterocycles. The van der Waals surface area contributed by atoms with E-state index in [-0.39, 0.29) is 23.2 Å². The van der Waals surface area contributed by atoms with E-state index < -0.39 is 15.8 Å². The second-order valence-electron chi connectivity index (χ2n) is 15.6. The molecule has 6 rings (SSSR count). The lowest BCUT2D eigenvalue weighted by Gasteiger charge is -2.58. The first kappa shape index (κ1) is 30.4. The smallest absolute Gasteiger partial charge is 0.303 e. The SMILES string of the molecule is Cc1ccc(S(=O)(=O)CC(C)CCC2O[C@H]3C[C@H]4[C@@H]5CC=C6CC(CC(=O)O)CC[C@]6(C)[C@H]5CC[C@]4(C)[C@H]3[C@@H]2C)cc1. The van der Waals surface area contributed by atoms with E-state index in [2.05, 4.69) is 33.8 Å². The van der Waals surface area contributed by atoms with Gasteiger partial charge in [-0.3, -0.25) is 4.79 Å². The monoisotopic (exact) mass is 596 g/mol. The molecule has 1 saturated heterocycles. The quantitative estimate of drug-likeness (QED) is 0.309. The lowest BCUT2D eigenvalue weighted by Crippen LogP contribution is -2.50. The Balaban J connectivity index is 1.09. The lowest BCUT2D eigenvalue weighted by atomic mass is 9.46. The van der Waals surface area contributed by atoms with Crippen LogP contribution in [0.25, 0.3) is 0 Å². The van der Waals surface area contributed by atoms with E-state index in [4.69, 9.17) is 4.74 Å². The molecule has 11 atom stereocenters. The van der Waals surface area contributed by atoms with E-state index in [1.54, 1.807) is 17.7 Å². The predicted molar refractivity (Wildman–Crippen MR) is 166 cm³/mol. The predicted octanol–water partition coefficient (Wildman–Crippen LogP) is 7.87. The van der Waals surface area contributed by atoms with Gasteiger partial charge in [-0.05, 0) is 129 Å². The maximum atomic E-state index is 13.0. The third kappa shape index (κ3) is 5.21. The van der Waals surface area contributed by atoms with Gasteiger partial charge in [-0.1, -0.05) is 57.0 Å². The van der Waals surface area contributed by atoms with E-state index in [1.165, 1.54) is 19.3 Å². The number of allylic oxidation sites excluding steroid dienone is 2. The molecular weight excluding hydrogens is 544 g/mol. The summed E-state index contributed by atoms with van der Waals surface area (Å²) in [6.07, 6.45) is 13.2. The minimum atomic E-state index is -3.28. The van der Waals surface area contributed by atoms with Crippen LogP contribution >= 0.6 is 0 Å². The minimum Gasteiger partial charge on any atom is -0.481 e. The van der Waals surface area contributed by atoms with Gasteiger partial charge in [0.25, 0.3) is 0 Å². The highest BCUT2D eigenvalue weighted by atomic mass is 32.2. The van der Waals surface area contributed by atoms with Gasteiger partial charge in [0, 0.05) is 6.42 Å². The molecule has 1 aromatic carbocycles. The standard InChI is InChI=1S/C36H52O5S/c1-22-6-10-27(11-7-22)42(39,40)21-23(2)8-13-31-24(3)34-32(41-31)20-30-28-12-9-26-18-25(19-33(37)38)14-16-35(26,4)29(28)15-17-36(30,34)5/h6-7,9-11,23-25,28-32,34H,8,12-21H2,1-5H3,(H,37,38)/t23?,24-,25?,28-,29+,30+,31?,32+,34+,35+,36+/m1/s1. The molecule has 5 nitrogen and oxygen atoms in total. The second-order valence-corrected chi connectivity index (χ2v) is 17.7. The summed E-state index contributed by atoms with van der Waals surface area (Å²) in [6, 6.07) is 7.23. The van der Waals surface area contributed by atoms with Crippen molar-refractivity contribution in [2.24, 2.45) is 52.3 Å². The summed E-state index contributed by atoms with van der Waals surface area (Å²) < 4.78 is 32.9. The van der Waals surface area contributed by atoms with Crippen LogP contribution in [-0.4, -0.2) is 37.5 Å². The van der Waals surface area contributed by atoms with E-state index >= 15 is 0 Å². The Morgan fingerprint density at radius 3 is 2.57 bits per heavy atom. The molecule has 6 heteroatoms. The average Bonchev–Trinajstić information content (AvgIpc) is 3.40. The molecule has 5 aliphatic rings. The van der Waals surface area contributed by atoms with Gasteiger partial charge in [-0.2, -0.15) is 0 Å². The highest BCUT2D eigenvalue weighted by molar-refractivity contribution is 7.91. The number of benzene rings is 1. The van der Waals surface area contributed by atoms with Crippen molar-refractivity contribution in [1.82, 2.24) is 0 Å². The number of ether oxygens (including phenoxy) is 1. The van der Waals surface area contributed by atoms with Crippen molar-refractivity contribution in [3.8, 4) is 0 Å². The van der Waals surface area contributed by atoms with Crippen molar-refractivity contribution < 1.29 is 23.1 Å². The summed E-state index contributed by atoms with van der Waals surface area (Å²) in [4.78, 5) is 11.8. The van der Waals surface area contributed by atoms with Gasteiger partial charge in [0.2, 0.25) is 0 Å². The topological polar surface area (TPSA) is 80.7 Å². The normalized spacial score (nSPS) is 41.7. The highest BCUT2D eigenvalue weighted by Crippen LogP contribution is 2.69. The van der Waals surface area contributed by atoms with Gasteiger partial charge in [0.05, 0.1) is 22.9 Å². The highest BCUT2D eigenvalue weighted by Gasteiger charge is 2.64. The maximum absolute atomic E-state index is 13.0. The van der Waals surface area contributed by atoms with Crippen LogP contribution in [0.1, 0.15) is 97.5 Å². The molecule has 232 valence electrons. The van der Waals surface area contributed by atoms with Crippen LogP contribution in [-0.2, 0) is 19.4 Å². The molecular formula is C36H52O5S. The van der Waals surface area contributed by atoms with E-state index in [0.29, 0.717) is 58.3 Å². The summed E-state index contributed by atoms with van der Waals surface area (Å²) in [5, 5.41) is 9.36. The van der Waals surface area contributed by atoms with E-state index in [9.17, 15) is 18.3 Å². The molecule has 3 unspecified atom stereocenters. The summed E-state index contributed by atoms with van der Waals surface area (Å²) >= 11 is 0. The number of aryl methyl sites for hydroxylation is 1. The fourth-order valence-electron chi connectivity index (χ4n) is 10.9. The molecule has 0 radical (unpaired) electrons. The van der Waals surface area contributed by atoms with Gasteiger partial charge in [0.1, 0.15) is 0 Å². The van der Waals surface area contributed by atoms with Crippen molar-refractivity contribution in [2.75, 3.05) is 5.75 Å². The van der Waals surface area contributed by atoms with Crippen LogP contribution in [0.5, 0.6) is 0 Å². The number of carboxylic acid groups (broad SMARTS) is 1. The van der Waals surface area contributed by atoms with Crippen molar-refractivity contribution in [3.05, 3.63) is 41.5 Å². The van der Waals surface area contributed by atoms with Gasteiger partial charge in [0.15, 0.2) is 9.84 Å². The van der Waals surface area contributed by atoms with Gasteiger partial charge < -0.3 is 9.84 Å². The van der Waals surface area contributed by atoms with Crippen molar-refractivity contribution in [1.29, 1.82) is 0 Å². The second kappa shape index (κ2) is 11.1. The van der Waals surface area contributed by atoms with E-state index in [0.717, 1.165) is 44.1 Å². The van der Waals surface area contributed by atoms with Gasteiger partial charge in [-0.15, -0.1) is 0 Å². The molecule has 0 bridgehead atoms. The molecule has 4 aliphatic carbocycles. The molecule has 0 spiro atoms. The Bertz CT molecular complexity index is 1320. The van der Waals surface area contributed by atoms with Gasteiger partial charge >= 0.3 is 5.97 Å². The number of aliphatic carboxylic acids is 1. The molecule has 1 N–H and O–H groups in total. The van der Waals surface area contributed by atoms with Crippen molar-refractivity contribution in [2.45, 2.75) is 116 Å². The number of carbonyl (C=O) groups is 1. The minimum absolute atomic E-state index is 0.0980. The van der Waals surface area contributed by atoms with Crippen LogP contribution in [0.2, 0.25) is 0 Å². The number of hydrogen-bond donors (Lipinski definition) is 1.